The molecule has 2 aliphatic heterocycles. The van der Waals surface area contributed by atoms with Gasteiger partial charge in [0.25, 0.3) is 0 Å². The molecular weight excluding hydrogens is 316 g/mol. The third-order valence-corrected chi connectivity index (χ3v) is 6.58. The summed E-state index contributed by atoms with van der Waals surface area (Å²) in [5.74, 6) is 0.790. The van der Waals surface area contributed by atoms with E-state index in [2.05, 4.69) is 0 Å². The van der Waals surface area contributed by atoms with Crippen LogP contribution in [-0.4, -0.2) is 56.8 Å². The summed E-state index contributed by atoms with van der Waals surface area (Å²) in [6.07, 6.45) is 2.28. The Labute approximate surface area is 137 Å². The quantitative estimate of drug-likeness (QED) is 0.831. The number of ether oxygens (including phenoxy) is 1. The van der Waals surface area contributed by atoms with Gasteiger partial charge in [-0.15, -0.1) is 0 Å². The van der Waals surface area contributed by atoms with Gasteiger partial charge in [0.2, 0.25) is 15.9 Å². The molecule has 1 amide bonds. The highest BCUT2D eigenvalue weighted by Gasteiger charge is 2.34. The van der Waals surface area contributed by atoms with Crippen molar-refractivity contribution < 1.29 is 17.9 Å². The fraction of sp³-hybridized carbons (Fsp3) is 0.562. The average molecular weight is 338 g/mol. The summed E-state index contributed by atoms with van der Waals surface area (Å²) < 4.78 is 31.8. The number of hydrogen-bond donors (Lipinski definition) is 0. The van der Waals surface area contributed by atoms with Crippen molar-refractivity contribution in [1.82, 2.24) is 9.21 Å². The number of piperidine rings is 1. The van der Waals surface area contributed by atoms with E-state index in [-0.39, 0.29) is 16.7 Å². The van der Waals surface area contributed by atoms with Crippen LogP contribution in [0.2, 0.25) is 0 Å². The molecule has 0 unspecified atom stereocenters. The monoisotopic (exact) mass is 338 g/mol. The van der Waals surface area contributed by atoms with E-state index in [0.717, 1.165) is 19.5 Å². The molecule has 0 N–H and O–H groups in total. The van der Waals surface area contributed by atoms with Crippen molar-refractivity contribution in [3.63, 3.8) is 0 Å². The van der Waals surface area contributed by atoms with E-state index in [4.69, 9.17) is 4.74 Å². The maximum Gasteiger partial charge on any atom is 0.243 e. The molecule has 0 aromatic heterocycles. The molecule has 3 rings (SSSR count). The second kappa shape index (κ2) is 6.49. The van der Waals surface area contributed by atoms with Crippen LogP contribution in [0.15, 0.2) is 29.2 Å². The molecule has 2 fully saturated rings. The van der Waals surface area contributed by atoms with E-state index >= 15 is 0 Å². The highest BCUT2D eigenvalue weighted by Crippen LogP contribution is 2.27. The summed E-state index contributed by atoms with van der Waals surface area (Å²) in [6, 6.07) is 6.41. The second-order valence-corrected chi connectivity index (χ2v) is 7.97. The Kier molecular flexibility index (Phi) is 4.59. The Balaban J connectivity index is 1.64. The minimum absolute atomic E-state index is 0.0300. The van der Waals surface area contributed by atoms with Crippen LogP contribution in [0, 0.1) is 5.92 Å². The Bertz CT molecular complexity index is 660. The molecule has 2 aliphatic rings. The summed E-state index contributed by atoms with van der Waals surface area (Å²) in [5.41, 5.74) is 0. The molecule has 2 saturated heterocycles. The zero-order valence-electron chi connectivity index (χ0n) is 13.3. The first-order valence-electron chi connectivity index (χ1n) is 7.95. The number of hydrogen-bond acceptors (Lipinski definition) is 4. The Morgan fingerprint density at radius 3 is 2.17 bits per heavy atom. The first-order chi connectivity index (χ1) is 11.0. The van der Waals surface area contributed by atoms with Crippen LogP contribution in [-0.2, 0) is 14.8 Å². The van der Waals surface area contributed by atoms with Gasteiger partial charge in [-0.1, -0.05) is 0 Å². The summed E-state index contributed by atoms with van der Waals surface area (Å²) >= 11 is 0. The Morgan fingerprint density at radius 2 is 1.70 bits per heavy atom. The predicted molar refractivity (Wildman–Crippen MR) is 85.7 cm³/mol. The number of nitrogens with zero attached hydrogens (tertiary/aromatic N) is 2. The molecule has 0 bridgehead atoms. The Morgan fingerprint density at radius 1 is 1.09 bits per heavy atom. The van der Waals surface area contributed by atoms with Crippen molar-refractivity contribution in [2.24, 2.45) is 5.92 Å². The third kappa shape index (κ3) is 3.21. The predicted octanol–water partition coefficient (Wildman–Crippen LogP) is 1.33. The normalized spacial score (nSPS) is 20.1. The van der Waals surface area contributed by atoms with Gasteiger partial charge in [-0.3, -0.25) is 4.79 Å². The minimum Gasteiger partial charge on any atom is -0.497 e. The van der Waals surface area contributed by atoms with Gasteiger partial charge in [-0.05, 0) is 43.5 Å². The second-order valence-electron chi connectivity index (χ2n) is 6.03. The fourth-order valence-corrected chi connectivity index (χ4v) is 4.50. The summed E-state index contributed by atoms with van der Waals surface area (Å²) in [6.45, 7) is 2.50. The van der Waals surface area contributed by atoms with Crippen molar-refractivity contribution in [3.05, 3.63) is 24.3 Å². The van der Waals surface area contributed by atoms with Gasteiger partial charge < -0.3 is 9.64 Å². The molecule has 2 heterocycles. The van der Waals surface area contributed by atoms with Gasteiger partial charge in [0, 0.05) is 32.1 Å². The van der Waals surface area contributed by atoms with Crippen molar-refractivity contribution in [1.29, 1.82) is 0 Å². The number of carbonyl (C=O) groups excluding carboxylic acids is 1. The van der Waals surface area contributed by atoms with Gasteiger partial charge in [-0.2, -0.15) is 4.31 Å². The lowest BCUT2D eigenvalue weighted by Gasteiger charge is -2.37. The average Bonchev–Trinajstić information content (AvgIpc) is 2.53. The van der Waals surface area contributed by atoms with E-state index in [1.54, 1.807) is 31.4 Å². The molecule has 1 aromatic rings. The third-order valence-electron chi connectivity index (χ3n) is 4.67. The SMILES string of the molecule is COc1ccc(S(=O)(=O)N2CCC(C(=O)N3CCC3)CC2)cc1. The van der Waals surface area contributed by atoms with E-state index < -0.39 is 10.0 Å². The lowest BCUT2D eigenvalue weighted by Crippen LogP contribution is -2.48. The van der Waals surface area contributed by atoms with Crippen molar-refractivity contribution in [2.75, 3.05) is 33.3 Å². The number of benzene rings is 1. The number of amides is 1. The number of sulfonamides is 1. The smallest absolute Gasteiger partial charge is 0.243 e. The van der Waals surface area contributed by atoms with Gasteiger partial charge in [-0.25, -0.2) is 8.42 Å². The zero-order valence-corrected chi connectivity index (χ0v) is 14.1. The molecule has 6 nitrogen and oxygen atoms in total. The first kappa shape index (κ1) is 16.3. The summed E-state index contributed by atoms with van der Waals surface area (Å²) in [4.78, 5) is 14.4. The topological polar surface area (TPSA) is 66.9 Å². The lowest BCUT2D eigenvalue weighted by atomic mass is 9.95. The van der Waals surface area contributed by atoms with Gasteiger partial charge in [0.05, 0.1) is 12.0 Å². The minimum atomic E-state index is -3.50. The molecule has 126 valence electrons. The molecule has 0 spiro atoms. The fourth-order valence-electron chi connectivity index (χ4n) is 3.03. The van der Waals surface area contributed by atoms with Crippen LogP contribution in [0.25, 0.3) is 0 Å². The molecule has 0 atom stereocenters. The van der Waals surface area contributed by atoms with Crippen LogP contribution in [0.4, 0.5) is 0 Å². The number of rotatable bonds is 4. The molecular formula is C16H22N2O4S. The van der Waals surface area contributed by atoms with Crippen molar-refractivity contribution >= 4 is 15.9 Å². The molecule has 1 aromatic carbocycles. The first-order valence-corrected chi connectivity index (χ1v) is 9.39. The summed E-state index contributed by atoms with van der Waals surface area (Å²) in [5, 5.41) is 0. The van der Waals surface area contributed by atoms with Gasteiger partial charge in [0.15, 0.2) is 0 Å². The number of methoxy groups -OCH3 is 1. The maximum absolute atomic E-state index is 12.7. The van der Waals surface area contributed by atoms with Crippen LogP contribution in [0.1, 0.15) is 19.3 Å². The molecule has 0 radical (unpaired) electrons. The van der Waals surface area contributed by atoms with E-state index in [1.807, 2.05) is 4.90 Å². The van der Waals surface area contributed by atoms with E-state index in [9.17, 15) is 13.2 Å². The van der Waals surface area contributed by atoms with Crippen LogP contribution in [0.5, 0.6) is 5.75 Å². The van der Waals surface area contributed by atoms with Crippen molar-refractivity contribution in [3.8, 4) is 5.75 Å². The maximum atomic E-state index is 12.7. The van der Waals surface area contributed by atoms with Gasteiger partial charge >= 0.3 is 0 Å². The number of likely N-dealkylation sites (tertiary alicyclic amines) is 1. The van der Waals surface area contributed by atoms with Gasteiger partial charge in [0.1, 0.15) is 5.75 Å². The molecule has 23 heavy (non-hydrogen) atoms. The van der Waals surface area contributed by atoms with Crippen molar-refractivity contribution in [2.45, 2.75) is 24.2 Å². The van der Waals surface area contributed by atoms with E-state index in [0.29, 0.717) is 31.7 Å². The van der Waals surface area contributed by atoms with E-state index in [1.165, 1.54) is 4.31 Å². The van der Waals surface area contributed by atoms with Crippen LogP contribution in [0.3, 0.4) is 0 Å². The lowest BCUT2D eigenvalue weighted by molar-refractivity contribution is -0.140. The Hall–Kier alpha value is -1.60. The highest BCUT2D eigenvalue weighted by atomic mass is 32.2. The molecule has 7 heteroatoms. The zero-order chi connectivity index (χ0) is 16.4. The summed E-state index contributed by atoms with van der Waals surface area (Å²) in [7, 11) is -1.95. The highest BCUT2D eigenvalue weighted by molar-refractivity contribution is 7.89. The molecule has 0 saturated carbocycles. The van der Waals surface area contributed by atoms with Crippen LogP contribution < -0.4 is 4.74 Å². The van der Waals surface area contributed by atoms with Crippen LogP contribution >= 0.6 is 0 Å². The largest absolute Gasteiger partial charge is 0.497 e. The standard InChI is InChI=1S/C16H22N2O4S/c1-22-14-3-5-15(6-4-14)23(20,21)18-11-7-13(8-12-18)16(19)17-9-2-10-17/h3-6,13H,2,7-12H2,1H3. The number of carbonyl (C=O) groups is 1. The molecule has 0 aliphatic carbocycles.